The van der Waals surface area contributed by atoms with Gasteiger partial charge in [0.2, 0.25) is 5.91 Å². The van der Waals surface area contributed by atoms with Crippen LogP contribution >= 0.6 is 0 Å². The molecule has 2 heterocycles. The second-order valence-electron chi connectivity index (χ2n) is 6.00. The van der Waals surface area contributed by atoms with E-state index in [4.69, 9.17) is 4.74 Å². The first kappa shape index (κ1) is 14.0. The molecule has 1 aromatic rings. The average molecular weight is 262 g/mol. The predicted molar refractivity (Wildman–Crippen MR) is 74.0 cm³/mol. The summed E-state index contributed by atoms with van der Waals surface area (Å²) in [6, 6.07) is 2.09. The van der Waals surface area contributed by atoms with Crippen molar-refractivity contribution in [1.29, 1.82) is 0 Å². The third-order valence-electron chi connectivity index (χ3n) is 3.38. The van der Waals surface area contributed by atoms with Crippen molar-refractivity contribution in [2.24, 2.45) is 0 Å². The van der Waals surface area contributed by atoms with Gasteiger partial charge in [0, 0.05) is 25.5 Å². The first-order chi connectivity index (χ1) is 8.97. The molecule has 19 heavy (non-hydrogen) atoms. The van der Waals surface area contributed by atoms with Crippen LogP contribution < -0.4 is 0 Å². The molecule has 0 aliphatic carbocycles. The number of aromatic nitrogens is 1. The molecule has 0 aromatic carbocycles. The summed E-state index contributed by atoms with van der Waals surface area (Å²) in [5, 5.41) is 0. The smallest absolute Gasteiger partial charge is 0.227 e. The molecular formula is C15H22N2O2. The second-order valence-corrected chi connectivity index (χ2v) is 6.00. The first-order valence-electron chi connectivity index (χ1n) is 6.77. The Kier molecular flexibility index (Phi) is 4.20. The molecule has 0 atom stereocenters. The van der Waals surface area contributed by atoms with E-state index in [0.717, 1.165) is 5.56 Å². The quantitative estimate of drug-likeness (QED) is 0.816. The third-order valence-corrected chi connectivity index (χ3v) is 3.38. The molecule has 1 fully saturated rings. The Morgan fingerprint density at radius 2 is 2.00 bits per heavy atom. The predicted octanol–water partition coefficient (Wildman–Crippen LogP) is 1.78. The highest BCUT2D eigenvalue weighted by Gasteiger charge is 2.19. The highest BCUT2D eigenvalue weighted by atomic mass is 16.5. The number of ether oxygens (including phenoxy) is 1. The maximum absolute atomic E-state index is 12.2. The van der Waals surface area contributed by atoms with Gasteiger partial charge in [-0.05, 0) is 16.5 Å². The SMILES string of the molecule is CC(C)(C)c1cncc(CC(=O)N2CCOCC2)c1. The van der Waals surface area contributed by atoms with Gasteiger partial charge in [-0.2, -0.15) is 0 Å². The molecule has 0 spiro atoms. The first-order valence-corrected chi connectivity index (χ1v) is 6.77. The maximum Gasteiger partial charge on any atom is 0.227 e. The van der Waals surface area contributed by atoms with Crippen LogP contribution in [0, 0.1) is 0 Å². The minimum Gasteiger partial charge on any atom is -0.378 e. The van der Waals surface area contributed by atoms with Crippen LogP contribution in [0.5, 0.6) is 0 Å². The molecule has 0 bridgehead atoms. The van der Waals surface area contributed by atoms with E-state index in [1.165, 1.54) is 5.56 Å². The number of hydrogen-bond acceptors (Lipinski definition) is 3. The number of morpholine rings is 1. The monoisotopic (exact) mass is 262 g/mol. The lowest BCUT2D eigenvalue weighted by atomic mass is 9.87. The van der Waals surface area contributed by atoms with Gasteiger partial charge in [0.25, 0.3) is 0 Å². The number of carbonyl (C=O) groups is 1. The zero-order chi connectivity index (χ0) is 13.9. The van der Waals surface area contributed by atoms with Crippen LogP contribution in [0.4, 0.5) is 0 Å². The molecule has 1 aliphatic heterocycles. The summed E-state index contributed by atoms with van der Waals surface area (Å²) < 4.78 is 5.26. The lowest BCUT2D eigenvalue weighted by Gasteiger charge is -2.27. The number of pyridine rings is 1. The molecule has 0 unspecified atom stereocenters. The minimum atomic E-state index is 0.0605. The van der Waals surface area contributed by atoms with Crippen LogP contribution in [0.25, 0.3) is 0 Å². The maximum atomic E-state index is 12.2. The highest BCUT2D eigenvalue weighted by Crippen LogP contribution is 2.22. The van der Waals surface area contributed by atoms with Gasteiger partial charge in [0.05, 0.1) is 19.6 Å². The molecule has 0 saturated carbocycles. The molecule has 1 saturated heterocycles. The van der Waals surface area contributed by atoms with E-state index in [1.54, 1.807) is 6.20 Å². The molecule has 0 N–H and O–H groups in total. The standard InChI is InChI=1S/C15H22N2O2/c1-15(2,3)13-8-12(10-16-11-13)9-14(18)17-4-6-19-7-5-17/h8,10-11H,4-7,9H2,1-3H3. The van der Waals surface area contributed by atoms with Gasteiger partial charge in [-0.15, -0.1) is 0 Å². The molecule has 4 heteroatoms. The zero-order valence-electron chi connectivity index (χ0n) is 12.0. The Morgan fingerprint density at radius 1 is 1.32 bits per heavy atom. The Balaban J connectivity index is 2.04. The Labute approximate surface area is 114 Å². The van der Waals surface area contributed by atoms with E-state index >= 15 is 0 Å². The minimum absolute atomic E-state index is 0.0605. The van der Waals surface area contributed by atoms with Crippen LogP contribution in [-0.4, -0.2) is 42.1 Å². The van der Waals surface area contributed by atoms with E-state index in [0.29, 0.717) is 32.7 Å². The second kappa shape index (κ2) is 5.70. The third kappa shape index (κ3) is 3.77. The van der Waals surface area contributed by atoms with Crippen LogP contribution in [-0.2, 0) is 21.4 Å². The molecule has 1 aromatic heterocycles. The summed E-state index contributed by atoms with van der Waals surface area (Å²) in [4.78, 5) is 18.3. The Morgan fingerprint density at radius 3 is 2.63 bits per heavy atom. The molecule has 0 radical (unpaired) electrons. The van der Waals surface area contributed by atoms with Crippen LogP contribution in [0.2, 0.25) is 0 Å². The Bertz CT molecular complexity index is 446. The van der Waals surface area contributed by atoms with Crippen LogP contribution in [0.15, 0.2) is 18.5 Å². The molecule has 1 amide bonds. The number of hydrogen-bond donors (Lipinski definition) is 0. The number of rotatable bonds is 2. The van der Waals surface area contributed by atoms with Gasteiger partial charge in [-0.3, -0.25) is 9.78 Å². The van der Waals surface area contributed by atoms with Crippen LogP contribution in [0.1, 0.15) is 31.9 Å². The topological polar surface area (TPSA) is 42.4 Å². The van der Waals surface area contributed by atoms with E-state index in [-0.39, 0.29) is 11.3 Å². The molecule has 4 nitrogen and oxygen atoms in total. The Hall–Kier alpha value is -1.42. The van der Waals surface area contributed by atoms with Crippen molar-refractivity contribution in [3.63, 3.8) is 0 Å². The summed E-state index contributed by atoms with van der Waals surface area (Å²) in [5.74, 6) is 0.163. The van der Waals surface area contributed by atoms with Gasteiger partial charge in [0.15, 0.2) is 0 Å². The molecular weight excluding hydrogens is 240 g/mol. The highest BCUT2D eigenvalue weighted by molar-refractivity contribution is 5.78. The van der Waals surface area contributed by atoms with E-state index in [9.17, 15) is 4.79 Å². The van der Waals surface area contributed by atoms with Crippen molar-refractivity contribution in [1.82, 2.24) is 9.88 Å². The fourth-order valence-corrected chi connectivity index (χ4v) is 2.09. The molecule has 104 valence electrons. The lowest BCUT2D eigenvalue weighted by molar-refractivity contribution is -0.134. The summed E-state index contributed by atoms with van der Waals surface area (Å²) in [6.07, 6.45) is 4.09. The van der Waals surface area contributed by atoms with Gasteiger partial charge in [0.1, 0.15) is 0 Å². The van der Waals surface area contributed by atoms with E-state index in [1.807, 2.05) is 11.1 Å². The summed E-state index contributed by atoms with van der Waals surface area (Å²) in [5.41, 5.74) is 2.22. The average Bonchev–Trinajstić information content (AvgIpc) is 2.39. The van der Waals surface area contributed by atoms with Crippen molar-refractivity contribution in [3.8, 4) is 0 Å². The summed E-state index contributed by atoms with van der Waals surface area (Å²) in [6.45, 7) is 9.14. The summed E-state index contributed by atoms with van der Waals surface area (Å²) >= 11 is 0. The van der Waals surface area contributed by atoms with Crippen molar-refractivity contribution >= 4 is 5.91 Å². The number of carbonyl (C=O) groups excluding carboxylic acids is 1. The van der Waals surface area contributed by atoms with Crippen molar-refractivity contribution in [2.75, 3.05) is 26.3 Å². The van der Waals surface area contributed by atoms with E-state index in [2.05, 4.69) is 31.8 Å². The van der Waals surface area contributed by atoms with Gasteiger partial charge >= 0.3 is 0 Å². The zero-order valence-corrected chi connectivity index (χ0v) is 12.0. The largest absolute Gasteiger partial charge is 0.378 e. The van der Waals surface area contributed by atoms with Gasteiger partial charge in [-0.1, -0.05) is 26.8 Å². The number of nitrogens with zero attached hydrogens (tertiary/aromatic N) is 2. The fraction of sp³-hybridized carbons (Fsp3) is 0.600. The molecule has 2 rings (SSSR count). The van der Waals surface area contributed by atoms with Crippen molar-refractivity contribution in [3.05, 3.63) is 29.6 Å². The van der Waals surface area contributed by atoms with Crippen molar-refractivity contribution < 1.29 is 9.53 Å². The molecule has 1 aliphatic rings. The fourth-order valence-electron chi connectivity index (χ4n) is 2.09. The number of amides is 1. The van der Waals surface area contributed by atoms with Crippen molar-refractivity contribution in [2.45, 2.75) is 32.6 Å². The normalized spacial score (nSPS) is 16.5. The van der Waals surface area contributed by atoms with Crippen LogP contribution in [0.3, 0.4) is 0 Å². The summed E-state index contributed by atoms with van der Waals surface area (Å²) in [7, 11) is 0. The van der Waals surface area contributed by atoms with Gasteiger partial charge in [-0.25, -0.2) is 0 Å². The lowest BCUT2D eigenvalue weighted by Crippen LogP contribution is -2.41. The van der Waals surface area contributed by atoms with Gasteiger partial charge < -0.3 is 9.64 Å². The van der Waals surface area contributed by atoms with E-state index < -0.39 is 0 Å².